The zero-order chi connectivity index (χ0) is 26.3. The summed E-state index contributed by atoms with van der Waals surface area (Å²) in [6, 6.07) is 7.87. The van der Waals surface area contributed by atoms with Gasteiger partial charge in [-0.1, -0.05) is 12.1 Å². The lowest BCUT2D eigenvalue weighted by molar-refractivity contribution is -0.141. The minimum atomic E-state index is -0.719. The summed E-state index contributed by atoms with van der Waals surface area (Å²) < 4.78 is 7.00. The summed E-state index contributed by atoms with van der Waals surface area (Å²) in [6.07, 6.45) is 2.08. The van der Waals surface area contributed by atoms with Gasteiger partial charge in [0.25, 0.3) is 0 Å². The molecule has 0 spiro atoms. The zero-order valence-electron chi connectivity index (χ0n) is 21.9. The number of thiophene rings is 1. The number of carboxylic acids is 1. The number of hydrogen-bond donors (Lipinski definition) is 1. The fraction of sp³-hybridized carbons (Fsp3) is 0.444. The van der Waals surface area contributed by atoms with Crippen LogP contribution in [0.15, 0.2) is 29.3 Å². The molecule has 1 N–H and O–H groups in total. The Morgan fingerprint density at radius 3 is 2.39 bits per heavy atom. The molecule has 5 rings (SSSR count). The number of nitrogens with zero attached hydrogens (tertiary/aromatic N) is 5. The van der Waals surface area contributed by atoms with Crippen LogP contribution >= 0.6 is 23.7 Å². The molecule has 1 saturated heterocycles. The molecule has 1 aromatic carbocycles. The third kappa shape index (κ3) is 5.19. The zero-order valence-corrected chi connectivity index (χ0v) is 23.6. The van der Waals surface area contributed by atoms with E-state index in [0.717, 1.165) is 64.8 Å². The number of fused-ring (bicyclic) bond motifs is 3. The van der Waals surface area contributed by atoms with Crippen LogP contribution in [0.3, 0.4) is 0 Å². The van der Waals surface area contributed by atoms with Crippen molar-refractivity contribution in [3.05, 3.63) is 57.5 Å². The Morgan fingerprint density at radius 2 is 1.76 bits per heavy atom. The number of ether oxygens (including phenoxy) is 1. The largest absolute Gasteiger partial charge is 0.481 e. The van der Waals surface area contributed by atoms with Crippen molar-refractivity contribution >= 4 is 47.1 Å². The molecule has 4 heterocycles. The van der Waals surface area contributed by atoms with Gasteiger partial charge in [-0.25, -0.2) is 0 Å². The minimum Gasteiger partial charge on any atom is -0.481 e. The Labute approximate surface area is 232 Å². The minimum absolute atomic E-state index is 0. The van der Waals surface area contributed by atoms with Gasteiger partial charge in [-0.05, 0) is 57.2 Å². The van der Waals surface area contributed by atoms with Crippen molar-refractivity contribution in [1.29, 1.82) is 0 Å². The first-order chi connectivity index (χ1) is 17.8. The smallest absolute Gasteiger partial charge is 0.308 e. The molecular formula is C27H32ClN5O4S. The fourth-order valence-electron chi connectivity index (χ4n) is 5.24. The van der Waals surface area contributed by atoms with E-state index in [1.807, 2.05) is 11.5 Å². The fourth-order valence-corrected chi connectivity index (χ4v) is 6.45. The van der Waals surface area contributed by atoms with E-state index in [1.165, 1.54) is 12.0 Å². The van der Waals surface area contributed by atoms with Crippen molar-refractivity contribution in [2.75, 3.05) is 25.1 Å². The summed E-state index contributed by atoms with van der Waals surface area (Å²) in [5.74, 6) is 0.572. The SMILES string of the molecule is COC(=O)C[C@@H]1N=C(c2ccc(N3CCC(CC(=O)O)CC3)cc2)c2c(sc(C)c2C)-n2c(C)nnc21.Cl. The number of hydrogen-bond acceptors (Lipinski definition) is 8. The molecule has 0 saturated carbocycles. The molecule has 2 aromatic heterocycles. The number of aliphatic imine (C=N–C) groups is 1. The summed E-state index contributed by atoms with van der Waals surface area (Å²) in [7, 11) is 1.38. The molecule has 1 atom stereocenters. The van der Waals surface area contributed by atoms with Crippen molar-refractivity contribution in [2.45, 2.75) is 52.5 Å². The van der Waals surface area contributed by atoms with E-state index < -0.39 is 12.0 Å². The van der Waals surface area contributed by atoms with Crippen LogP contribution in [0, 0.1) is 26.7 Å². The van der Waals surface area contributed by atoms with Gasteiger partial charge >= 0.3 is 11.9 Å². The first kappa shape index (κ1) is 27.8. The Hall–Kier alpha value is -3.24. The maximum Gasteiger partial charge on any atom is 0.308 e. The van der Waals surface area contributed by atoms with E-state index >= 15 is 0 Å². The standard InChI is InChI=1S/C27H31N5O4S.ClH/c1-15-16(2)37-27-24(15)25(28-21(14-23(35)36-4)26-30-29-17(3)32(26)27)19-5-7-20(8-6-19)31-11-9-18(10-12-31)13-22(33)34;/h5-8,18,21H,9-14H2,1-4H3,(H,33,34);1H/t21-;/m0./s1. The molecule has 202 valence electrons. The number of aromatic nitrogens is 3. The van der Waals surface area contributed by atoms with Gasteiger partial charge in [0, 0.05) is 41.2 Å². The molecule has 3 aromatic rings. The molecule has 2 aliphatic heterocycles. The van der Waals surface area contributed by atoms with E-state index in [4.69, 9.17) is 14.8 Å². The van der Waals surface area contributed by atoms with Crippen LogP contribution in [0.1, 0.15) is 64.9 Å². The van der Waals surface area contributed by atoms with Crippen LogP contribution in [0.4, 0.5) is 5.69 Å². The number of rotatable bonds is 6. The number of carbonyl (C=O) groups is 2. The van der Waals surface area contributed by atoms with Crippen molar-refractivity contribution in [1.82, 2.24) is 14.8 Å². The van der Waals surface area contributed by atoms with E-state index in [-0.39, 0.29) is 37.1 Å². The van der Waals surface area contributed by atoms with Gasteiger partial charge in [-0.15, -0.1) is 33.9 Å². The van der Waals surface area contributed by atoms with Crippen molar-refractivity contribution in [3.63, 3.8) is 0 Å². The van der Waals surface area contributed by atoms with Gasteiger partial charge in [0.05, 0.1) is 19.2 Å². The number of aryl methyl sites for hydroxylation is 2. The van der Waals surface area contributed by atoms with Gasteiger partial charge in [0.1, 0.15) is 16.9 Å². The molecule has 0 aliphatic carbocycles. The second-order valence-corrected chi connectivity index (χ2v) is 11.0. The predicted octanol–water partition coefficient (Wildman–Crippen LogP) is 4.82. The number of carboxylic acid groups (broad SMARTS) is 1. The summed E-state index contributed by atoms with van der Waals surface area (Å²) in [5, 5.41) is 18.8. The number of esters is 1. The molecule has 0 unspecified atom stereocenters. The van der Waals surface area contributed by atoms with Gasteiger partial charge in [0.15, 0.2) is 5.82 Å². The second-order valence-electron chi connectivity index (χ2n) is 9.75. The molecule has 0 amide bonds. The lowest BCUT2D eigenvalue weighted by Gasteiger charge is -2.33. The highest BCUT2D eigenvalue weighted by atomic mass is 35.5. The van der Waals surface area contributed by atoms with E-state index in [2.05, 4.69) is 53.2 Å². The van der Waals surface area contributed by atoms with E-state index in [1.54, 1.807) is 11.3 Å². The molecule has 0 radical (unpaired) electrons. The lowest BCUT2D eigenvalue weighted by atomic mass is 9.93. The summed E-state index contributed by atoms with van der Waals surface area (Å²) >= 11 is 1.68. The van der Waals surface area contributed by atoms with Crippen LogP contribution in [0.25, 0.3) is 5.00 Å². The van der Waals surface area contributed by atoms with Gasteiger partial charge in [0.2, 0.25) is 0 Å². The maximum atomic E-state index is 12.3. The molecule has 38 heavy (non-hydrogen) atoms. The molecule has 2 aliphatic rings. The average Bonchev–Trinajstić information content (AvgIpc) is 3.36. The Kier molecular flexibility index (Phi) is 8.22. The van der Waals surface area contributed by atoms with Crippen LogP contribution in [-0.4, -0.2) is 57.7 Å². The second kappa shape index (κ2) is 11.2. The van der Waals surface area contributed by atoms with Crippen molar-refractivity contribution < 1.29 is 19.4 Å². The quantitative estimate of drug-likeness (QED) is 0.432. The first-order valence-electron chi connectivity index (χ1n) is 12.5. The highest BCUT2D eigenvalue weighted by Crippen LogP contribution is 2.39. The number of halogens is 1. The maximum absolute atomic E-state index is 12.3. The van der Waals surface area contributed by atoms with Gasteiger partial charge < -0.3 is 14.7 Å². The number of piperidine rings is 1. The third-order valence-electron chi connectivity index (χ3n) is 7.41. The third-order valence-corrected chi connectivity index (χ3v) is 8.60. The predicted molar refractivity (Wildman–Crippen MR) is 149 cm³/mol. The number of anilines is 1. The summed E-state index contributed by atoms with van der Waals surface area (Å²) in [5.41, 5.74) is 5.12. The molecular weight excluding hydrogens is 526 g/mol. The van der Waals surface area contributed by atoms with E-state index in [9.17, 15) is 9.59 Å². The number of benzene rings is 1. The van der Waals surface area contributed by atoms with Crippen molar-refractivity contribution in [2.24, 2.45) is 10.9 Å². The Morgan fingerprint density at radius 1 is 1.08 bits per heavy atom. The normalized spacial score (nSPS) is 17.1. The average molecular weight is 558 g/mol. The van der Waals surface area contributed by atoms with Crippen LogP contribution in [0.2, 0.25) is 0 Å². The van der Waals surface area contributed by atoms with Gasteiger partial charge in [-0.2, -0.15) is 0 Å². The van der Waals surface area contributed by atoms with Crippen LogP contribution in [-0.2, 0) is 14.3 Å². The number of methoxy groups -OCH3 is 1. The van der Waals surface area contributed by atoms with Crippen LogP contribution < -0.4 is 4.90 Å². The number of carbonyl (C=O) groups excluding carboxylic acids is 1. The molecule has 9 nitrogen and oxygen atoms in total. The molecule has 0 bridgehead atoms. The number of aliphatic carboxylic acids is 1. The topological polar surface area (TPSA) is 110 Å². The molecule has 11 heteroatoms. The Bertz CT molecular complexity index is 1370. The highest BCUT2D eigenvalue weighted by Gasteiger charge is 2.32. The Balaban J connectivity index is 0.00000336. The monoisotopic (exact) mass is 557 g/mol. The van der Waals surface area contributed by atoms with Gasteiger partial charge in [-0.3, -0.25) is 19.1 Å². The lowest BCUT2D eigenvalue weighted by Crippen LogP contribution is -2.34. The van der Waals surface area contributed by atoms with Crippen LogP contribution in [0.5, 0.6) is 0 Å². The van der Waals surface area contributed by atoms with Crippen molar-refractivity contribution in [3.8, 4) is 5.00 Å². The summed E-state index contributed by atoms with van der Waals surface area (Å²) in [4.78, 5) is 32.0. The highest BCUT2D eigenvalue weighted by molar-refractivity contribution is 7.15. The summed E-state index contributed by atoms with van der Waals surface area (Å²) in [6.45, 7) is 7.82. The van der Waals surface area contributed by atoms with E-state index in [0.29, 0.717) is 5.82 Å². The molecule has 1 fully saturated rings. The first-order valence-corrected chi connectivity index (χ1v) is 13.3.